The van der Waals surface area contributed by atoms with E-state index < -0.39 is 0 Å². The molecule has 2 unspecified atom stereocenters. The average molecular weight is 853 g/mol. The fourth-order valence-corrected chi connectivity index (χ4v) is 10.6. The monoisotopic (exact) mass is 852 g/mol. The number of anilines is 5. The van der Waals surface area contributed by atoms with Crippen molar-refractivity contribution >= 4 is 77.7 Å². The van der Waals surface area contributed by atoms with Gasteiger partial charge in [-0.3, -0.25) is 0 Å². The van der Waals surface area contributed by atoms with Gasteiger partial charge in [0.15, 0.2) is 0 Å². The molecule has 0 saturated heterocycles. The summed E-state index contributed by atoms with van der Waals surface area (Å²) in [5.41, 5.74) is 16.9. The maximum absolute atomic E-state index is 2.53. The molecule has 0 bridgehead atoms. The number of fused-ring (bicyclic) bond motifs is 6. The SMILES string of the molecule is CC1CC=C(n2c3ccccc3c3cc(N(C4=CC=CCC4C)c4ccc(-c5ccc(N(c6ccccc6)c6ccc7c(c6)c6ccccc6n7-c6ccccc6)cc5)cc4)ccc32)CC1. The Balaban J connectivity index is 0.899. The first-order valence-electron chi connectivity index (χ1n) is 23.6. The van der Waals surface area contributed by atoms with Crippen LogP contribution in [0.3, 0.4) is 0 Å². The van der Waals surface area contributed by atoms with Gasteiger partial charge in [-0.2, -0.15) is 0 Å². The highest BCUT2D eigenvalue weighted by atomic mass is 15.2. The third-order valence-corrected chi connectivity index (χ3v) is 14.0. The minimum atomic E-state index is 0.379. The number of hydrogen-bond donors (Lipinski definition) is 0. The lowest BCUT2D eigenvalue weighted by Crippen LogP contribution is -2.22. The number of allylic oxidation sites excluding steroid dienone is 6. The van der Waals surface area contributed by atoms with Crippen molar-refractivity contribution in [3.8, 4) is 16.8 Å². The molecule has 0 N–H and O–H groups in total. The second-order valence-corrected chi connectivity index (χ2v) is 18.3. The molecule has 2 aromatic heterocycles. The molecule has 2 aliphatic carbocycles. The van der Waals surface area contributed by atoms with Gasteiger partial charge in [0.25, 0.3) is 0 Å². The van der Waals surface area contributed by atoms with Gasteiger partial charge in [0, 0.05) is 73.0 Å². The summed E-state index contributed by atoms with van der Waals surface area (Å²) in [5, 5.41) is 5.07. The first-order chi connectivity index (χ1) is 32.6. The summed E-state index contributed by atoms with van der Waals surface area (Å²) in [6, 6.07) is 71.3. The van der Waals surface area contributed by atoms with Crippen LogP contribution in [0.2, 0.25) is 0 Å². The molecule has 0 fully saturated rings. The molecule has 0 radical (unpaired) electrons. The zero-order chi connectivity index (χ0) is 44.1. The number of benzene rings is 8. The van der Waals surface area contributed by atoms with Crippen molar-refractivity contribution in [2.75, 3.05) is 9.80 Å². The van der Waals surface area contributed by atoms with E-state index in [1.807, 2.05) is 0 Å². The molecule has 0 amide bonds. The molecule has 2 aliphatic rings. The van der Waals surface area contributed by atoms with Crippen molar-refractivity contribution in [1.29, 1.82) is 0 Å². The molecule has 0 saturated carbocycles. The van der Waals surface area contributed by atoms with E-state index in [2.05, 4.69) is 251 Å². The van der Waals surface area contributed by atoms with Gasteiger partial charge < -0.3 is 18.9 Å². The number of aromatic nitrogens is 2. The van der Waals surface area contributed by atoms with Crippen LogP contribution in [0.25, 0.3) is 66.1 Å². The van der Waals surface area contributed by atoms with E-state index in [4.69, 9.17) is 0 Å². The summed E-state index contributed by atoms with van der Waals surface area (Å²) < 4.78 is 4.90. The number of nitrogens with zero attached hydrogens (tertiary/aromatic N) is 4. The van der Waals surface area contributed by atoms with Gasteiger partial charge in [-0.25, -0.2) is 0 Å². The van der Waals surface area contributed by atoms with Crippen LogP contribution in [0.4, 0.5) is 28.4 Å². The van der Waals surface area contributed by atoms with Crippen LogP contribution in [-0.4, -0.2) is 9.13 Å². The molecule has 2 heterocycles. The molecule has 66 heavy (non-hydrogen) atoms. The quantitative estimate of drug-likeness (QED) is 0.144. The van der Waals surface area contributed by atoms with Crippen LogP contribution < -0.4 is 9.80 Å². The minimum absolute atomic E-state index is 0.379. The summed E-state index contributed by atoms with van der Waals surface area (Å²) in [5.74, 6) is 1.12. The molecule has 4 nitrogen and oxygen atoms in total. The molecule has 4 heteroatoms. The van der Waals surface area contributed by atoms with Gasteiger partial charge in [-0.05, 0) is 146 Å². The van der Waals surface area contributed by atoms with Crippen molar-refractivity contribution in [3.63, 3.8) is 0 Å². The van der Waals surface area contributed by atoms with Gasteiger partial charge >= 0.3 is 0 Å². The Morgan fingerprint density at radius 3 is 1.55 bits per heavy atom. The first kappa shape index (κ1) is 39.7. The molecule has 10 aromatic rings. The lowest BCUT2D eigenvalue weighted by Gasteiger charge is -2.32. The fourth-order valence-electron chi connectivity index (χ4n) is 10.6. The van der Waals surface area contributed by atoms with Gasteiger partial charge in [0.1, 0.15) is 0 Å². The van der Waals surface area contributed by atoms with E-state index >= 15 is 0 Å². The predicted octanol–water partition coefficient (Wildman–Crippen LogP) is 17.3. The van der Waals surface area contributed by atoms with Crippen molar-refractivity contribution in [2.45, 2.75) is 39.5 Å². The molecule has 12 rings (SSSR count). The van der Waals surface area contributed by atoms with Crippen LogP contribution in [0.1, 0.15) is 39.5 Å². The van der Waals surface area contributed by atoms with Gasteiger partial charge in [0.05, 0.1) is 22.1 Å². The smallest absolute Gasteiger partial charge is 0.0542 e. The Kier molecular flexibility index (Phi) is 10.0. The Bertz CT molecular complexity index is 3500. The van der Waals surface area contributed by atoms with Gasteiger partial charge in [-0.1, -0.05) is 129 Å². The summed E-state index contributed by atoms with van der Waals surface area (Å²) >= 11 is 0. The zero-order valence-electron chi connectivity index (χ0n) is 37.6. The van der Waals surface area contributed by atoms with E-state index in [0.717, 1.165) is 53.6 Å². The molecular weight excluding hydrogens is 801 g/mol. The largest absolute Gasteiger partial charge is 0.314 e. The highest BCUT2D eigenvalue weighted by Crippen LogP contribution is 2.43. The third-order valence-electron chi connectivity index (χ3n) is 14.0. The Labute approximate surface area is 387 Å². The van der Waals surface area contributed by atoms with E-state index in [9.17, 15) is 0 Å². The minimum Gasteiger partial charge on any atom is -0.314 e. The van der Waals surface area contributed by atoms with Crippen LogP contribution in [0.5, 0.6) is 0 Å². The topological polar surface area (TPSA) is 16.3 Å². The number of rotatable bonds is 9. The van der Waals surface area contributed by atoms with E-state index in [1.165, 1.54) is 78.2 Å². The van der Waals surface area contributed by atoms with E-state index in [1.54, 1.807) is 0 Å². The molecule has 0 aliphatic heterocycles. The highest BCUT2D eigenvalue weighted by molar-refractivity contribution is 6.12. The van der Waals surface area contributed by atoms with Crippen LogP contribution >= 0.6 is 0 Å². The molecule has 2 atom stereocenters. The first-order valence-corrected chi connectivity index (χ1v) is 23.6. The average Bonchev–Trinajstić information content (AvgIpc) is 3.88. The van der Waals surface area contributed by atoms with E-state index in [0.29, 0.717) is 5.92 Å². The molecular formula is C62H52N4. The number of para-hydroxylation sites is 4. The van der Waals surface area contributed by atoms with Crippen molar-refractivity contribution in [1.82, 2.24) is 9.13 Å². The maximum Gasteiger partial charge on any atom is 0.0542 e. The fraction of sp³-hybridized carbons (Fsp3) is 0.129. The maximum atomic E-state index is 2.53. The highest BCUT2D eigenvalue weighted by Gasteiger charge is 2.24. The van der Waals surface area contributed by atoms with Gasteiger partial charge in [0.2, 0.25) is 0 Å². The van der Waals surface area contributed by atoms with Crippen LogP contribution in [0.15, 0.2) is 224 Å². The Hall–Kier alpha value is -7.82. The summed E-state index contributed by atoms with van der Waals surface area (Å²) in [6.45, 7) is 4.72. The van der Waals surface area contributed by atoms with Crippen molar-refractivity contribution in [2.24, 2.45) is 11.8 Å². The summed E-state index contributed by atoms with van der Waals surface area (Å²) in [6.07, 6.45) is 13.8. The van der Waals surface area contributed by atoms with Crippen molar-refractivity contribution in [3.05, 3.63) is 224 Å². The van der Waals surface area contributed by atoms with Crippen LogP contribution in [-0.2, 0) is 0 Å². The second-order valence-electron chi connectivity index (χ2n) is 18.3. The standard InChI is InChI=1S/C62H52N4/c1-43-25-31-51(32-26-43)66-60-24-14-11-21-55(60)57-42-53(38-40-62(57)66)64(58-22-12-9-15-44(58)2)50-35-29-46(30-36-50)45-27-33-49(34-28-45)63(47-16-5-3-6-17-47)52-37-39-61-56(41-52)54-20-10-13-23-59(54)65(61)48-18-7-4-8-19-48/h3-14,16-24,27-31,33-44H,15,25-26,32H2,1-2H3. The Morgan fingerprint density at radius 1 is 0.439 bits per heavy atom. The lowest BCUT2D eigenvalue weighted by atomic mass is 9.94. The van der Waals surface area contributed by atoms with Crippen molar-refractivity contribution < 1.29 is 0 Å². The second kappa shape index (κ2) is 16.6. The summed E-state index contributed by atoms with van der Waals surface area (Å²) in [4.78, 5) is 4.85. The zero-order valence-corrected chi connectivity index (χ0v) is 37.6. The Morgan fingerprint density at radius 2 is 0.939 bits per heavy atom. The third kappa shape index (κ3) is 6.92. The van der Waals surface area contributed by atoms with E-state index in [-0.39, 0.29) is 0 Å². The normalized spacial score (nSPS) is 16.2. The van der Waals surface area contributed by atoms with Crippen LogP contribution in [0, 0.1) is 11.8 Å². The molecule has 0 spiro atoms. The predicted molar refractivity (Wildman–Crippen MR) is 281 cm³/mol. The number of hydrogen-bond acceptors (Lipinski definition) is 2. The lowest BCUT2D eigenvalue weighted by molar-refractivity contribution is 0.527. The molecule has 8 aromatic carbocycles. The molecule has 320 valence electrons. The summed E-state index contributed by atoms with van der Waals surface area (Å²) in [7, 11) is 0. The van der Waals surface area contributed by atoms with Gasteiger partial charge in [-0.15, -0.1) is 0 Å².